The van der Waals surface area contributed by atoms with Gasteiger partial charge in [-0.1, -0.05) is 65.8 Å². The Hall–Kier alpha value is -3.01. The summed E-state index contributed by atoms with van der Waals surface area (Å²) in [6.45, 7) is 5.03. The van der Waals surface area contributed by atoms with Crippen molar-refractivity contribution < 1.29 is 17.7 Å². The lowest BCUT2D eigenvalue weighted by molar-refractivity contribution is -0.123. The van der Waals surface area contributed by atoms with Crippen molar-refractivity contribution in [1.29, 1.82) is 0 Å². The Labute approximate surface area is 200 Å². The fraction of sp³-hybridized carbons (Fsp3) is 0.360. The summed E-state index contributed by atoms with van der Waals surface area (Å²) in [4.78, 5) is 15.1. The number of rotatable bonds is 8. The van der Waals surface area contributed by atoms with Crippen LogP contribution >= 0.6 is 0 Å². The maximum atomic E-state index is 13.0. The van der Waals surface area contributed by atoms with Crippen molar-refractivity contribution in [2.45, 2.75) is 31.2 Å². The fourth-order valence-electron chi connectivity index (χ4n) is 4.33. The Bertz CT molecular complexity index is 1180. The van der Waals surface area contributed by atoms with E-state index >= 15 is 0 Å². The summed E-state index contributed by atoms with van der Waals surface area (Å²) in [6.07, 6.45) is 0.694. The van der Waals surface area contributed by atoms with Crippen molar-refractivity contribution in [3.63, 3.8) is 0 Å². The smallest absolute Gasteiger partial charge is 0.248 e. The largest absolute Gasteiger partial charge is 0.360 e. The Balaban J connectivity index is 1.36. The summed E-state index contributed by atoms with van der Waals surface area (Å²) in [7, 11) is -3.67. The number of nitrogens with one attached hydrogen (secondary N) is 1. The molecule has 0 spiro atoms. The molecule has 0 radical (unpaired) electrons. The molecule has 9 heteroatoms. The number of carbonyl (C=O) groups is 1. The average Bonchev–Trinajstić information content (AvgIpc) is 3.19. The van der Waals surface area contributed by atoms with E-state index in [0.29, 0.717) is 44.1 Å². The summed E-state index contributed by atoms with van der Waals surface area (Å²) < 4.78 is 32.5. The predicted octanol–water partition coefficient (Wildman–Crippen LogP) is 2.70. The molecule has 4 rings (SSSR count). The maximum absolute atomic E-state index is 13.0. The van der Waals surface area contributed by atoms with Crippen LogP contribution in [0, 0.1) is 13.8 Å². The second-order valence-corrected chi connectivity index (χ2v) is 10.4. The average molecular weight is 483 g/mol. The number of aryl methyl sites for hydroxylation is 2. The molecule has 1 aromatic heterocycles. The number of aromatic nitrogens is 1. The standard InChI is InChI=1S/C25H30N4O4S/c1-19-25(20(2)33-27-19)34(31,32)29-15-13-28(14-16-29)18-24(30)26-23(22-11-7-4-8-12-22)17-21-9-5-3-6-10-21/h3-12,23H,13-18H2,1-2H3,(H,26,30)/t23-/m1/s1. The van der Waals surface area contributed by atoms with E-state index in [0.717, 1.165) is 11.1 Å². The molecule has 0 saturated carbocycles. The first-order chi connectivity index (χ1) is 16.3. The molecule has 1 saturated heterocycles. The number of nitrogens with zero attached hydrogens (tertiary/aromatic N) is 3. The van der Waals surface area contributed by atoms with Gasteiger partial charge >= 0.3 is 0 Å². The lowest BCUT2D eigenvalue weighted by Gasteiger charge is -2.33. The fourth-order valence-corrected chi connectivity index (χ4v) is 6.04. The molecule has 0 aliphatic carbocycles. The first-order valence-electron chi connectivity index (χ1n) is 11.4. The molecule has 0 bridgehead atoms. The van der Waals surface area contributed by atoms with E-state index in [1.807, 2.05) is 53.4 Å². The minimum atomic E-state index is -3.67. The molecular weight excluding hydrogens is 452 g/mol. The number of piperazine rings is 1. The van der Waals surface area contributed by atoms with Gasteiger partial charge in [0.25, 0.3) is 0 Å². The van der Waals surface area contributed by atoms with E-state index in [9.17, 15) is 13.2 Å². The van der Waals surface area contributed by atoms with E-state index in [1.165, 1.54) is 4.31 Å². The van der Waals surface area contributed by atoms with Crippen LogP contribution in [0.2, 0.25) is 0 Å². The van der Waals surface area contributed by atoms with Crippen molar-refractivity contribution in [2.24, 2.45) is 0 Å². The zero-order valence-corrected chi connectivity index (χ0v) is 20.3. The predicted molar refractivity (Wildman–Crippen MR) is 129 cm³/mol. The van der Waals surface area contributed by atoms with Crippen LogP contribution in [-0.2, 0) is 21.2 Å². The molecule has 1 aliphatic heterocycles. The van der Waals surface area contributed by atoms with Gasteiger partial charge in [-0.05, 0) is 31.4 Å². The molecule has 1 atom stereocenters. The van der Waals surface area contributed by atoms with Gasteiger partial charge < -0.3 is 9.84 Å². The second kappa shape index (κ2) is 10.5. The van der Waals surface area contributed by atoms with Crippen LogP contribution in [0.1, 0.15) is 28.6 Å². The van der Waals surface area contributed by atoms with Gasteiger partial charge in [-0.15, -0.1) is 0 Å². The SMILES string of the molecule is Cc1noc(C)c1S(=O)(=O)N1CCN(CC(=O)N[C@H](Cc2ccccc2)c2ccccc2)CC1. The third-order valence-electron chi connectivity index (χ3n) is 6.08. The third kappa shape index (κ3) is 5.55. The van der Waals surface area contributed by atoms with E-state index in [4.69, 9.17) is 4.52 Å². The molecule has 1 aliphatic rings. The van der Waals surface area contributed by atoms with Crippen molar-refractivity contribution in [3.8, 4) is 0 Å². The monoisotopic (exact) mass is 482 g/mol. The lowest BCUT2D eigenvalue weighted by atomic mass is 9.99. The first kappa shape index (κ1) is 24.1. The van der Waals surface area contributed by atoms with Crippen LogP contribution in [-0.4, -0.2) is 61.4 Å². The van der Waals surface area contributed by atoms with Crippen LogP contribution in [0.5, 0.6) is 0 Å². The Morgan fingerprint density at radius 1 is 1.00 bits per heavy atom. The quantitative estimate of drug-likeness (QED) is 0.530. The summed E-state index contributed by atoms with van der Waals surface area (Å²) in [5, 5.41) is 6.94. The Morgan fingerprint density at radius 3 is 2.21 bits per heavy atom. The van der Waals surface area contributed by atoms with Crippen LogP contribution in [0.3, 0.4) is 0 Å². The summed E-state index contributed by atoms with van der Waals surface area (Å²) in [5.41, 5.74) is 2.56. The summed E-state index contributed by atoms with van der Waals surface area (Å²) in [5.74, 6) is 0.219. The van der Waals surface area contributed by atoms with E-state index in [1.54, 1.807) is 13.8 Å². The van der Waals surface area contributed by atoms with Gasteiger partial charge in [-0.3, -0.25) is 9.69 Å². The number of benzene rings is 2. The van der Waals surface area contributed by atoms with Crippen LogP contribution < -0.4 is 5.32 Å². The lowest BCUT2D eigenvalue weighted by Crippen LogP contribution is -2.51. The van der Waals surface area contributed by atoms with Crippen LogP contribution in [0.15, 0.2) is 70.1 Å². The van der Waals surface area contributed by atoms with Gasteiger partial charge in [0.05, 0.1) is 12.6 Å². The van der Waals surface area contributed by atoms with E-state index in [2.05, 4.69) is 22.6 Å². The number of amides is 1. The highest BCUT2D eigenvalue weighted by molar-refractivity contribution is 7.89. The van der Waals surface area contributed by atoms with Crippen molar-refractivity contribution >= 4 is 15.9 Å². The van der Waals surface area contributed by atoms with Gasteiger partial charge in [0, 0.05) is 26.2 Å². The number of hydrogen-bond donors (Lipinski definition) is 1. The highest BCUT2D eigenvalue weighted by Crippen LogP contribution is 2.24. The molecule has 180 valence electrons. The van der Waals surface area contributed by atoms with Gasteiger partial charge in [0.2, 0.25) is 15.9 Å². The molecule has 1 fully saturated rings. The van der Waals surface area contributed by atoms with Gasteiger partial charge in [0.15, 0.2) is 5.76 Å². The Kier molecular flexibility index (Phi) is 7.45. The third-order valence-corrected chi connectivity index (χ3v) is 8.23. The first-order valence-corrected chi connectivity index (χ1v) is 12.8. The second-order valence-electron chi connectivity index (χ2n) is 8.55. The highest BCUT2D eigenvalue weighted by Gasteiger charge is 2.33. The summed E-state index contributed by atoms with van der Waals surface area (Å²) >= 11 is 0. The molecule has 8 nitrogen and oxygen atoms in total. The normalized spacial score (nSPS) is 16.3. The van der Waals surface area contributed by atoms with Gasteiger partial charge in [-0.25, -0.2) is 8.42 Å². The topological polar surface area (TPSA) is 95.8 Å². The van der Waals surface area contributed by atoms with Crippen LogP contribution in [0.25, 0.3) is 0 Å². The molecule has 3 aromatic rings. The van der Waals surface area contributed by atoms with Gasteiger partial charge in [0.1, 0.15) is 10.6 Å². The molecule has 2 heterocycles. The molecule has 0 unspecified atom stereocenters. The highest BCUT2D eigenvalue weighted by atomic mass is 32.2. The molecule has 2 aromatic carbocycles. The maximum Gasteiger partial charge on any atom is 0.248 e. The number of hydrogen-bond acceptors (Lipinski definition) is 6. The summed E-state index contributed by atoms with van der Waals surface area (Å²) in [6, 6.07) is 19.9. The molecule has 1 amide bonds. The zero-order valence-electron chi connectivity index (χ0n) is 19.5. The number of sulfonamides is 1. The minimum absolute atomic E-state index is 0.0770. The molecule has 34 heavy (non-hydrogen) atoms. The van der Waals surface area contributed by atoms with E-state index < -0.39 is 10.0 Å². The van der Waals surface area contributed by atoms with Crippen molar-refractivity contribution in [1.82, 2.24) is 19.7 Å². The van der Waals surface area contributed by atoms with Gasteiger partial charge in [-0.2, -0.15) is 4.31 Å². The van der Waals surface area contributed by atoms with Crippen molar-refractivity contribution in [2.75, 3.05) is 32.7 Å². The van der Waals surface area contributed by atoms with E-state index in [-0.39, 0.29) is 23.4 Å². The van der Waals surface area contributed by atoms with Crippen LogP contribution in [0.4, 0.5) is 0 Å². The zero-order chi connectivity index (χ0) is 24.1. The molecular formula is C25H30N4O4S. The molecule has 1 N–H and O–H groups in total. The van der Waals surface area contributed by atoms with Crippen molar-refractivity contribution in [3.05, 3.63) is 83.2 Å². The number of carbonyl (C=O) groups excluding carboxylic acids is 1. The minimum Gasteiger partial charge on any atom is -0.360 e. The Morgan fingerprint density at radius 2 is 1.62 bits per heavy atom.